The fourth-order valence-electron chi connectivity index (χ4n) is 7.05. The van der Waals surface area contributed by atoms with E-state index >= 15 is 0 Å². The summed E-state index contributed by atoms with van der Waals surface area (Å²) in [5.74, 6) is 0.853. The van der Waals surface area contributed by atoms with Crippen molar-refractivity contribution in [2.75, 3.05) is 19.1 Å². The Morgan fingerprint density at radius 3 is 1.58 bits per heavy atom. The molecule has 2 heterocycles. The number of methoxy groups -OCH3 is 2. The van der Waals surface area contributed by atoms with Crippen LogP contribution >= 0.6 is 11.7 Å². The molecule has 0 bridgehead atoms. The second-order valence-corrected chi connectivity index (χ2v) is 13.1. The minimum atomic E-state index is -0.364. The summed E-state index contributed by atoms with van der Waals surface area (Å²) in [6.07, 6.45) is 0. The highest BCUT2D eigenvalue weighted by molar-refractivity contribution is 7.00. The summed E-state index contributed by atoms with van der Waals surface area (Å²) in [6.45, 7) is 0. The van der Waals surface area contributed by atoms with E-state index in [0.29, 0.717) is 10.8 Å². The minimum Gasteiger partial charge on any atom is -0.497 e. The lowest BCUT2D eigenvalue weighted by Gasteiger charge is -2.26. The molecule has 0 fully saturated rings. The minimum absolute atomic E-state index is 0.364. The Morgan fingerprint density at radius 2 is 1.02 bits per heavy atom. The molecule has 0 aliphatic heterocycles. The maximum absolute atomic E-state index is 14.3. The van der Waals surface area contributed by atoms with Crippen molar-refractivity contribution in [1.82, 2.24) is 13.3 Å². The quantitative estimate of drug-likeness (QED) is 0.157. The van der Waals surface area contributed by atoms with Crippen molar-refractivity contribution in [2.24, 2.45) is 0 Å². The van der Waals surface area contributed by atoms with Gasteiger partial charge in [-0.3, -0.25) is 0 Å². The number of rotatable bonds is 8. The van der Waals surface area contributed by atoms with Gasteiger partial charge in [-0.2, -0.15) is 8.75 Å². The van der Waals surface area contributed by atoms with Crippen LogP contribution in [0.3, 0.4) is 0 Å². The van der Waals surface area contributed by atoms with E-state index in [2.05, 4.69) is 53.4 Å². The predicted octanol–water partition coefficient (Wildman–Crippen LogP) is 11.9. The van der Waals surface area contributed by atoms with Crippen LogP contribution in [0.25, 0.3) is 60.8 Å². The summed E-state index contributed by atoms with van der Waals surface area (Å²) >= 11 is 1.18. The summed E-state index contributed by atoms with van der Waals surface area (Å²) in [4.78, 5) is 2.18. The molecule has 0 aliphatic rings. The van der Waals surface area contributed by atoms with Crippen molar-refractivity contribution >= 4 is 61.6 Å². The van der Waals surface area contributed by atoms with Crippen molar-refractivity contribution in [3.05, 3.63) is 157 Å². The van der Waals surface area contributed by atoms with Gasteiger partial charge in [0.05, 0.1) is 42.7 Å². The molecule has 0 atom stereocenters. The lowest BCUT2D eigenvalue weighted by Crippen LogP contribution is -2.10. The van der Waals surface area contributed by atoms with Gasteiger partial charge in [-0.15, -0.1) is 0 Å². The zero-order valence-corrected chi connectivity index (χ0v) is 29.4. The zero-order valence-electron chi connectivity index (χ0n) is 28.6. The largest absolute Gasteiger partial charge is 0.497 e. The van der Waals surface area contributed by atoms with E-state index in [9.17, 15) is 8.78 Å². The average Bonchev–Trinajstić information content (AvgIpc) is 3.82. The number of hydrogen-bond acceptors (Lipinski definition) is 6. The summed E-state index contributed by atoms with van der Waals surface area (Å²) < 4.78 is 51.0. The number of benzene rings is 7. The topological polar surface area (TPSA) is 52.4 Å². The maximum Gasteiger partial charge on any atom is 0.129 e. The molecular weight excluding hydrogens is 687 g/mol. The number of ether oxygens (including phenoxy) is 2. The van der Waals surface area contributed by atoms with Gasteiger partial charge < -0.3 is 18.9 Å². The van der Waals surface area contributed by atoms with Crippen LogP contribution in [0.4, 0.5) is 25.8 Å². The summed E-state index contributed by atoms with van der Waals surface area (Å²) in [5.41, 5.74) is 10.9. The summed E-state index contributed by atoms with van der Waals surface area (Å²) in [7, 11) is 3.32. The van der Waals surface area contributed by atoms with E-state index in [1.807, 2.05) is 65.2 Å². The molecule has 9 aromatic rings. The van der Waals surface area contributed by atoms with Gasteiger partial charge in [0.25, 0.3) is 0 Å². The van der Waals surface area contributed by atoms with E-state index in [1.165, 1.54) is 36.0 Å². The van der Waals surface area contributed by atoms with Gasteiger partial charge >= 0.3 is 0 Å². The molecule has 53 heavy (non-hydrogen) atoms. The molecule has 0 unspecified atom stereocenters. The van der Waals surface area contributed by atoms with Crippen LogP contribution in [0.5, 0.6) is 11.5 Å². The van der Waals surface area contributed by atoms with Crippen LogP contribution < -0.4 is 14.4 Å². The second kappa shape index (κ2) is 13.2. The molecule has 0 N–H and O–H groups in total. The Bertz CT molecular complexity index is 2700. The molecule has 2 aromatic heterocycles. The Labute approximate surface area is 308 Å². The third kappa shape index (κ3) is 5.71. The monoisotopic (exact) mass is 716 g/mol. The van der Waals surface area contributed by atoms with E-state index in [1.54, 1.807) is 26.4 Å². The second-order valence-electron chi connectivity index (χ2n) is 12.6. The molecule has 9 heteroatoms. The van der Waals surface area contributed by atoms with Crippen LogP contribution in [0.15, 0.2) is 146 Å². The number of nitrogens with zero attached hydrogens (tertiary/aromatic N) is 4. The highest BCUT2D eigenvalue weighted by Crippen LogP contribution is 2.42. The maximum atomic E-state index is 14.3. The van der Waals surface area contributed by atoms with Crippen molar-refractivity contribution in [2.45, 2.75) is 0 Å². The van der Waals surface area contributed by atoms with Gasteiger partial charge in [-0.1, -0.05) is 36.4 Å². The standard InChI is InChI=1S/C44H30F2N4O2S/c1-51-35-17-7-28(8-18-35)27-3-11-32(12-4-27)49(33-15-19-36(52-2)20-16-33)42-24-21-37(43-44(42)48-53-47-43)29-5-13-34(14-6-29)50-40-22-9-30(45)25-38(40)39-26-31(46)10-23-41(39)50/h3-26H,1-2H3. The Hall–Kier alpha value is -6.58. The van der Waals surface area contributed by atoms with Crippen LogP contribution in [0.2, 0.25) is 0 Å². The smallest absolute Gasteiger partial charge is 0.129 e. The van der Waals surface area contributed by atoms with Gasteiger partial charge in [0.1, 0.15) is 34.2 Å². The molecule has 9 rings (SSSR count). The van der Waals surface area contributed by atoms with Gasteiger partial charge in [-0.05, 0) is 126 Å². The Kier molecular flexibility index (Phi) is 8.05. The van der Waals surface area contributed by atoms with Crippen molar-refractivity contribution < 1.29 is 18.3 Å². The first kappa shape index (κ1) is 32.3. The highest BCUT2D eigenvalue weighted by Gasteiger charge is 2.21. The van der Waals surface area contributed by atoms with Gasteiger partial charge in [-0.25, -0.2) is 8.78 Å². The van der Waals surface area contributed by atoms with Gasteiger partial charge in [0, 0.05) is 33.4 Å². The summed E-state index contributed by atoms with van der Waals surface area (Å²) in [5, 5.41) is 1.32. The molecule has 0 saturated carbocycles. The molecule has 0 spiro atoms. The van der Waals surface area contributed by atoms with E-state index < -0.39 is 0 Å². The highest BCUT2D eigenvalue weighted by atomic mass is 32.1. The molecule has 0 amide bonds. The molecule has 258 valence electrons. The molecule has 0 aliphatic carbocycles. The molecule has 0 radical (unpaired) electrons. The van der Waals surface area contributed by atoms with Crippen molar-refractivity contribution in [1.29, 1.82) is 0 Å². The predicted molar refractivity (Wildman–Crippen MR) is 210 cm³/mol. The van der Waals surface area contributed by atoms with Crippen molar-refractivity contribution in [3.8, 4) is 39.4 Å². The number of halogens is 2. The van der Waals surface area contributed by atoms with Crippen LogP contribution in [-0.4, -0.2) is 27.5 Å². The first-order valence-corrected chi connectivity index (χ1v) is 17.7. The van der Waals surface area contributed by atoms with Crippen LogP contribution in [0, 0.1) is 11.6 Å². The lowest BCUT2D eigenvalue weighted by atomic mass is 10.0. The third-order valence-corrected chi connectivity index (χ3v) is 10.2. The zero-order chi connectivity index (χ0) is 36.1. The number of anilines is 3. The first-order chi connectivity index (χ1) is 26.0. The van der Waals surface area contributed by atoms with Crippen molar-refractivity contribution in [3.63, 3.8) is 0 Å². The normalized spacial score (nSPS) is 11.4. The molecule has 6 nitrogen and oxygen atoms in total. The average molecular weight is 717 g/mol. The molecule has 0 saturated heterocycles. The fourth-order valence-corrected chi connectivity index (χ4v) is 7.62. The number of hydrogen-bond donors (Lipinski definition) is 0. The van der Waals surface area contributed by atoms with Crippen LogP contribution in [0.1, 0.15) is 0 Å². The van der Waals surface area contributed by atoms with E-state index in [-0.39, 0.29) is 11.6 Å². The SMILES string of the molecule is COc1ccc(-c2ccc(N(c3ccc(OC)cc3)c3ccc(-c4ccc(-n5c6ccc(F)cc6c6cc(F)ccc65)cc4)c4nsnc34)cc2)cc1. The first-order valence-electron chi connectivity index (χ1n) is 16.9. The number of fused-ring (bicyclic) bond motifs is 4. The number of aromatic nitrogens is 3. The van der Waals surface area contributed by atoms with Gasteiger partial charge in [0.2, 0.25) is 0 Å². The molecular formula is C44H30F2N4O2S. The Morgan fingerprint density at radius 1 is 0.528 bits per heavy atom. The fraction of sp³-hybridized carbons (Fsp3) is 0.0455. The van der Waals surface area contributed by atoms with E-state index in [4.69, 9.17) is 18.2 Å². The summed E-state index contributed by atoms with van der Waals surface area (Å²) in [6, 6.07) is 46.0. The lowest BCUT2D eigenvalue weighted by molar-refractivity contribution is 0.415. The molecule has 7 aromatic carbocycles. The Balaban J connectivity index is 1.11. The van der Waals surface area contributed by atoms with Gasteiger partial charge in [0.15, 0.2) is 0 Å². The van der Waals surface area contributed by atoms with Crippen LogP contribution in [-0.2, 0) is 0 Å². The third-order valence-electron chi connectivity index (χ3n) is 9.64. The van der Waals surface area contributed by atoms with E-state index in [0.717, 1.165) is 78.6 Å².